The lowest BCUT2D eigenvalue weighted by Crippen LogP contribution is -2.14. The Bertz CT molecular complexity index is 407. The zero-order valence-corrected chi connectivity index (χ0v) is 9.17. The smallest absolute Gasteiger partial charge is 0.165 e. The zero-order valence-electron chi connectivity index (χ0n) is 8.35. The predicted molar refractivity (Wildman–Crippen MR) is 58.7 cm³/mol. The molecule has 1 atom stereocenters. The van der Waals surface area contributed by atoms with Crippen LogP contribution in [-0.2, 0) is 0 Å². The molecule has 0 saturated carbocycles. The maximum Gasteiger partial charge on any atom is 0.165 e. The number of nitrogens with zero attached hydrogens (tertiary/aromatic N) is 1. The molecule has 0 saturated heterocycles. The third kappa shape index (κ3) is 2.83. The largest absolute Gasteiger partial charge is 0.505 e. The number of halogens is 2. The van der Waals surface area contributed by atoms with Crippen molar-refractivity contribution < 1.29 is 14.6 Å². The highest BCUT2D eigenvalue weighted by Crippen LogP contribution is 2.30. The molecule has 1 aromatic rings. The summed E-state index contributed by atoms with van der Waals surface area (Å²) in [5, 5.41) is 26.9. The third-order valence-corrected chi connectivity index (χ3v) is 2.10. The van der Waals surface area contributed by atoms with E-state index in [1.54, 1.807) is 0 Å². The van der Waals surface area contributed by atoms with Crippen LogP contribution in [0.2, 0.25) is 0 Å². The highest BCUT2D eigenvalue weighted by Gasteiger charge is 2.18. The van der Waals surface area contributed by atoms with Crippen molar-refractivity contribution in [2.24, 2.45) is 5.73 Å². The van der Waals surface area contributed by atoms with E-state index >= 15 is 0 Å². The lowest BCUT2D eigenvalue weighted by atomic mass is 9.98. The first kappa shape index (κ1) is 14.6. The molecule has 0 radical (unpaired) electrons. The van der Waals surface area contributed by atoms with E-state index in [4.69, 9.17) is 16.1 Å². The molecule has 4 nitrogen and oxygen atoms in total. The second-order valence-electron chi connectivity index (χ2n) is 3.09. The molecule has 0 amide bonds. The van der Waals surface area contributed by atoms with Crippen LogP contribution >= 0.6 is 12.4 Å². The van der Waals surface area contributed by atoms with E-state index in [9.17, 15) is 9.50 Å². The number of benzene rings is 1. The van der Waals surface area contributed by atoms with Crippen LogP contribution in [0.1, 0.15) is 23.6 Å². The Hall–Kier alpha value is -1.35. The van der Waals surface area contributed by atoms with Gasteiger partial charge in [-0.1, -0.05) is 0 Å². The van der Waals surface area contributed by atoms with E-state index in [2.05, 4.69) is 0 Å². The van der Waals surface area contributed by atoms with Gasteiger partial charge in [-0.25, -0.2) is 4.39 Å². The zero-order chi connectivity index (χ0) is 11.4. The van der Waals surface area contributed by atoms with Gasteiger partial charge in [0.25, 0.3) is 0 Å². The third-order valence-electron chi connectivity index (χ3n) is 2.10. The van der Waals surface area contributed by atoms with Crippen molar-refractivity contribution in [1.29, 1.82) is 5.26 Å². The van der Waals surface area contributed by atoms with Crippen molar-refractivity contribution in [2.75, 3.05) is 6.61 Å². The molecule has 88 valence electrons. The molecule has 4 N–H and O–H groups in total. The lowest BCUT2D eigenvalue weighted by molar-refractivity contribution is 0.275. The first-order valence-electron chi connectivity index (χ1n) is 4.39. The monoisotopic (exact) mass is 246 g/mol. The Balaban J connectivity index is 0.00000225. The van der Waals surface area contributed by atoms with E-state index in [1.165, 1.54) is 6.07 Å². The van der Waals surface area contributed by atoms with E-state index in [1.807, 2.05) is 6.07 Å². The maximum atomic E-state index is 13.0. The second-order valence-corrected chi connectivity index (χ2v) is 3.09. The first-order valence-corrected chi connectivity index (χ1v) is 4.39. The van der Waals surface area contributed by atoms with E-state index in [-0.39, 0.29) is 36.6 Å². The fourth-order valence-electron chi connectivity index (χ4n) is 1.34. The summed E-state index contributed by atoms with van der Waals surface area (Å²) in [6.07, 6.45) is 0.158. The Morgan fingerprint density at radius 3 is 2.62 bits per heavy atom. The lowest BCUT2D eigenvalue weighted by Gasteiger charge is -2.14. The molecule has 1 aromatic carbocycles. The molecule has 0 aliphatic heterocycles. The molecule has 0 unspecified atom stereocenters. The summed E-state index contributed by atoms with van der Waals surface area (Å²) >= 11 is 0. The molecule has 6 heteroatoms. The minimum absolute atomic E-state index is 0. The predicted octanol–water partition coefficient (Wildman–Crippen LogP) is 1.21. The van der Waals surface area contributed by atoms with Gasteiger partial charge < -0.3 is 15.9 Å². The van der Waals surface area contributed by atoms with Gasteiger partial charge >= 0.3 is 0 Å². The van der Waals surface area contributed by atoms with Crippen molar-refractivity contribution >= 4 is 12.4 Å². The highest BCUT2D eigenvalue weighted by atomic mass is 35.5. The van der Waals surface area contributed by atoms with Gasteiger partial charge in [0.1, 0.15) is 0 Å². The number of phenolic OH excluding ortho intramolecular Hbond substituents is 1. The van der Waals surface area contributed by atoms with Gasteiger partial charge in [0.15, 0.2) is 11.6 Å². The van der Waals surface area contributed by atoms with Crippen LogP contribution in [0.4, 0.5) is 4.39 Å². The van der Waals surface area contributed by atoms with Gasteiger partial charge in [0.05, 0.1) is 11.6 Å². The maximum absolute atomic E-state index is 13.0. The Morgan fingerprint density at radius 2 is 2.12 bits per heavy atom. The van der Waals surface area contributed by atoms with E-state index in [0.29, 0.717) is 0 Å². The molecule has 0 heterocycles. The molecule has 0 aliphatic rings. The SMILES string of the molecule is Cl.N#Cc1ccc(F)c(O)c1[C@@H](N)CCO. The van der Waals surface area contributed by atoms with Gasteiger partial charge in [0, 0.05) is 18.2 Å². The number of nitrogens with two attached hydrogens (primary N) is 1. The van der Waals surface area contributed by atoms with Gasteiger partial charge in [-0.05, 0) is 18.6 Å². The number of phenols is 1. The molecule has 0 fully saturated rings. The van der Waals surface area contributed by atoms with Crippen molar-refractivity contribution in [3.63, 3.8) is 0 Å². The van der Waals surface area contributed by atoms with Crippen LogP contribution in [0, 0.1) is 17.1 Å². The van der Waals surface area contributed by atoms with Crippen LogP contribution in [0.25, 0.3) is 0 Å². The molecule has 1 rings (SSSR count). The average Bonchev–Trinajstić information content (AvgIpc) is 2.22. The standard InChI is InChI=1S/C10H11FN2O2.ClH/c11-7-2-1-6(5-12)9(10(7)15)8(13)3-4-14;/h1-2,8,14-15H,3-4,13H2;1H/t8-;/m0./s1. The first-order chi connectivity index (χ1) is 7.11. The topological polar surface area (TPSA) is 90.3 Å². The van der Waals surface area contributed by atoms with E-state index < -0.39 is 17.6 Å². The summed E-state index contributed by atoms with van der Waals surface area (Å²) in [6, 6.07) is 3.32. The van der Waals surface area contributed by atoms with E-state index in [0.717, 1.165) is 6.07 Å². The number of hydrogen-bond acceptors (Lipinski definition) is 4. The van der Waals surface area contributed by atoms with Gasteiger partial charge in [-0.2, -0.15) is 5.26 Å². The Kier molecular flexibility index (Phi) is 5.75. The van der Waals surface area contributed by atoms with Gasteiger partial charge in [-0.15, -0.1) is 12.4 Å². The molecule has 16 heavy (non-hydrogen) atoms. The number of nitriles is 1. The average molecular weight is 247 g/mol. The summed E-state index contributed by atoms with van der Waals surface area (Å²) in [5.41, 5.74) is 5.78. The normalized spacial score (nSPS) is 11.4. The number of aromatic hydroxyl groups is 1. The molecule has 0 bridgehead atoms. The second kappa shape index (κ2) is 6.28. The molecule has 0 spiro atoms. The molecule has 0 aliphatic carbocycles. The number of aliphatic hydroxyl groups excluding tert-OH is 1. The van der Waals surface area contributed by atoms with Crippen molar-refractivity contribution in [2.45, 2.75) is 12.5 Å². The van der Waals surface area contributed by atoms with Crippen molar-refractivity contribution in [3.05, 3.63) is 29.1 Å². The molecule has 0 aromatic heterocycles. The highest BCUT2D eigenvalue weighted by molar-refractivity contribution is 5.85. The van der Waals surface area contributed by atoms with Crippen molar-refractivity contribution in [1.82, 2.24) is 0 Å². The quantitative estimate of drug-likeness (QED) is 0.748. The van der Waals surface area contributed by atoms with Crippen molar-refractivity contribution in [3.8, 4) is 11.8 Å². The van der Waals surface area contributed by atoms with Crippen LogP contribution in [0.5, 0.6) is 5.75 Å². The summed E-state index contributed by atoms with van der Waals surface area (Å²) in [7, 11) is 0. The summed E-state index contributed by atoms with van der Waals surface area (Å²) in [6.45, 7) is -0.192. The van der Waals surface area contributed by atoms with Crippen LogP contribution in [0.3, 0.4) is 0 Å². The van der Waals surface area contributed by atoms with Crippen LogP contribution in [0.15, 0.2) is 12.1 Å². The van der Waals surface area contributed by atoms with Gasteiger partial charge in [0.2, 0.25) is 0 Å². The van der Waals surface area contributed by atoms with Gasteiger partial charge in [-0.3, -0.25) is 0 Å². The van der Waals surface area contributed by atoms with Crippen LogP contribution in [-0.4, -0.2) is 16.8 Å². The van der Waals surface area contributed by atoms with Crippen LogP contribution < -0.4 is 5.73 Å². The fraction of sp³-hybridized carbons (Fsp3) is 0.300. The minimum atomic E-state index is -0.822. The fourth-order valence-corrected chi connectivity index (χ4v) is 1.34. The Morgan fingerprint density at radius 1 is 1.50 bits per heavy atom. The number of rotatable bonds is 3. The minimum Gasteiger partial charge on any atom is -0.505 e. The Labute approximate surface area is 98.5 Å². The summed E-state index contributed by atoms with van der Waals surface area (Å²) in [5.74, 6) is -1.44. The number of hydrogen-bond donors (Lipinski definition) is 3. The number of aliphatic hydroxyl groups is 1. The summed E-state index contributed by atoms with van der Waals surface area (Å²) in [4.78, 5) is 0. The molecular weight excluding hydrogens is 235 g/mol. The summed E-state index contributed by atoms with van der Waals surface area (Å²) < 4.78 is 13.0. The molecular formula is C10H12ClFN2O2.